The molecule has 136 valence electrons. The van der Waals surface area contributed by atoms with Crippen LogP contribution in [0.5, 0.6) is 0 Å². The number of primary amides is 1. The van der Waals surface area contributed by atoms with Crippen LogP contribution < -0.4 is 10.6 Å². The molecule has 1 aliphatic heterocycles. The fourth-order valence-corrected chi connectivity index (χ4v) is 3.53. The number of aryl methyl sites for hydroxylation is 1. The molecule has 0 saturated carbocycles. The molecule has 0 aliphatic carbocycles. The van der Waals surface area contributed by atoms with Gasteiger partial charge < -0.3 is 10.6 Å². The van der Waals surface area contributed by atoms with Crippen molar-refractivity contribution in [2.75, 3.05) is 11.4 Å². The number of fused-ring (bicyclic) bond motifs is 2. The van der Waals surface area contributed by atoms with Crippen LogP contribution in [0.4, 0.5) is 5.69 Å². The highest BCUT2D eigenvalue weighted by Crippen LogP contribution is 2.31. The van der Waals surface area contributed by atoms with E-state index in [4.69, 9.17) is 17.3 Å². The molecule has 0 saturated heterocycles. The van der Waals surface area contributed by atoms with Crippen LogP contribution in [0.2, 0.25) is 5.02 Å². The van der Waals surface area contributed by atoms with E-state index in [0.29, 0.717) is 41.2 Å². The predicted molar refractivity (Wildman–Crippen MR) is 101 cm³/mol. The number of nitrogens with zero attached hydrogens (tertiary/aromatic N) is 3. The van der Waals surface area contributed by atoms with Gasteiger partial charge in [0.05, 0.1) is 16.8 Å². The molecule has 0 bridgehead atoms. The number of nitrogens with two attached hydrogens (primary N) is 1. The van der Waals surface area contributed by atoms with Crippen LogP contribution in [0.3, 0.4) is 0 Å². The first-order chi connectivity index (χ1) is 13.0. The molecular weight excluding hydrogens is 368 g/mol. The highest BCUT2D eigenvalue weighted by atomic mass is 35.5. The molecule has 0 spiro atoms. The molecule has 3 aromatic rings. The highest BCUT2D eigenvalue weighted by Gasteiger charge is 2.35. The predicted octanol–water partition coefficient (Wildman–Crippen LogP) is 2.41. The summed E-state index contributed by atoms with van der Waals surface area (Å²) in [4.78, 5) is 37.5. The maximum Gasteiger partial charge on any atom is 0.299 e. The van der Waals surface area contributed by atoms with Gasteiger partial charge in [0, 0.05) is 23.5 Å². The standard InChI is InChI=1S/C19H15ClN4O3/c20-11-6-7-14-13(10-11)17(25)19(27)23(14)8-3-9-24-15-5-2-1-4-12(15)16(22-24)18(21)26/h1-2,4-7,10H,3,8-9H2,(H2,21,26). The first-order valence-corrected chi connectivity index (χ1v) is 8.76. The van der Waals surface area contributed by atoms with Gasteiger partial charge in [0.2, 0.25) is 0 Å². The van der Waals surface area contributed by atoms with Gasteiger partial charge >= 0.3 is 0 Å². The van der Waals surface area contributed by atoms with Crippen molar-refractivity contribution in [3.05, 3.63) is 58.7 Å². The van der Waals surface area contributed by atoms with E-state index in [9.17, 15) is 14.4 Å². The van der Waals surface area contributed by atoms with Crippen molar-refractivity contribution < 1.29 is 14.4 Å². The first-order valence-electron chi connectivity index (χ1n) is 8.38. The maximum atomic E-state index is 12.3. The van der Waals surface area contributed by atoms with Gasteiger partial charge in [-0.2, -0.15) is 5.10 Å². The minimum atomic E-state index is -0.587. The Balaban J connectivity index is 1.55. The molecule has 2 aromatic carbocycles. The number of carbonyl (C=O) groups is 3. The van der Waals surface area contributed by atoms with Gasteiger partial charge in [-0.25, -0.2) is 0 Å². The number of anilines is 1. The Kier molecular flexibility index (Phi) is 4.16. The third-order valence-electron chi connectivity index (χ3n) is 4.58. The Morgan fingerprint density at radius 2 is 1.89 bits per heavy atom. The van der Waals surface area contributed by atoms with Crippen LogP contribution >= 0.6 is 11.6 Å². The van der Waals surface area contributed by atoms with E-state index < -0.39 is 17.6 Å². The van der Waals surface area contributed by atoms with Gasteiger partial charge in [0.15, 0.2) is 5.69 Å². The molecule has 1 aromatic heterocycles. The lowest BCUT2D eigenvalue weighted by Gasteiger charge is -2.16. The molecule has 2 amide bonds. The molecular formula is C19H15ClN4O3. The summed E-state index contributed by atoms with van der Waals surface area (Å²) in [6, 6.07) is 12.2. The summed E-state index contributed by atoms with van der Waals surface area (Å²) in [6.07, 6.45) is 0.547. The fraction of sp³-hybridized carbons (Fsp3) is 0.158. The van der Waals surface area contributed by atoms with Gasteiger partial charge in [-0.3, -0.25) is 19.1 Å². The van der Waals surface area contributed by atoms with Crippen LogP contribution in [0, 0.1) is 0 Å². The van der Waals surface area contributed by atoms with Crippen molar-refractivity contribution in [1.82, 2.24) is 9.78 Å². The van der Waals surface area contributed by atoms with Crippen LogP contribution in [-0.2, 0) is 11.3 Å². The zero-order valence-corrected chi connectivity index (χ0v) is 14.9. The number of ketones is 1. The number of rotatable bonds is 5. The molecule has 0 unspecified atom stereocenters. The maximum absolute atomic E-state index is 12.3. The van der Waals surface area contributed by atoms with E-state index in [1.54, 1.807) is 22.9 Å². The first kappa shape index (κ1) is 17.2. The van der Waals surface area contributed by atoms with Crippen molar-refractivity contribution in [2.45, 2.75) is 13.0 Å². The largest absolute Gasteiger partial charge is 0.364 e. The van der Waals surface area contributed by atoms with Crippen LogP contribution in [-0.4, -0.2) is 33.9 Å². The second kappa shape index (κ2) is 6.51. The molecule has 0 fully saturated rings. The minimum absolute atomic E-state index is 0.220. The number of hydrogen-bond donors (Lipinski definition) is 1. The molecule has 2 heterocycles. The zero-order valence-electron chi connectivity index (χ0n) is 14.2. The van der Waals surface area contributed by atoms with E-state index >= 15 is 0 Å². The van der Waals surface area contributed by atoms with Gasteiger partial charge in [-0.1, -0.05) is 29.8 Å². The number of para-hydroxylation sites is 1. The molecule has 7 nitrogen and oxygen atoms in total. The molecule has 27 heavy (non-hydrogen) atoms. The smallest absolute Gasteiger partial charge is 0.299 e. The number of aromatic nitrogens is 2. The minimum Gasteiger partial charge on any atom is -0.364 e. The molecule has 4 rings (SSSR count). The lowest BCUT2D eigenvalue weighted by Crippen LogP contribution is -2.31. The van der Waals surface area contributed by atoms with Gasteiger partial charge in [-0.15, -0.1) is 0 Å². The number of carbonyl (C=O) groups excluding carboxylic acids is 3. The lowest BCUT2D eigenvalue weighted by atomic mass is 10.1. The Hall–Kier alpha value is -3.19. The summed E-state index contributed by atoms with van der Waals surface area (Å²) in [7, 11) is 0. The SMILES string of the molecule is NC(=O)c1nn(CCCN2C(=O)C(=O)c3cc(Cl)ccc32)c2ccccc12. The molecule has 0 radical (unpaired) electrons. The second-order valence-electron chi connectivity index (χ2n) is 6.25. The van der Waals surface area contributed by atoms with E-state index in [-0.39, 0.29) is 5.69 Å². The third-order valence-corrected chi connectivity index (χ3v) is 4.81. The normalized spacial score (nSPS) is 13.4. The molecule has 8 heteroatoms. The Morgan fingerprint density at radius 1 is 1.11 bits per heavy atom. The van der Waals surface area contributed by atoms with Crippen LogP contribution in [0.15, 0.2) is 42.5 Å². The Morgan fingerprint density at radius 3 is 2.67 bits per heavy atom. The fourth-order valence-electron chi connectivity index (χ4n) is 3.35. The van der Waals surface area contributed by atoms with Crippen LogP contribution in [0.1, 0.15) is 27.3 Å². The van der Waals surface area contributed by atoms with Crippen molar-refractivity contribution in [3.8, 4) is 0 Å². The quantitative estimate of drug-likeness (QED) is 0.685. The van der Waals surface area contributed by atoms with E-state index in [1.807, 2.05) is 18.2 Å². The summed E-state index contributed by atoms with van der Waals surface area (Å²) >= 11 is 5.92. The number of amides is 2. The van der Waals surface area contributed by atoms with E-state index in [1.165, 1.54) is 11.0 Å². The average Bonchev–Trinajstić information content (AvgIpc) is 3.13. The Bertz CT molecular complexity index is 1110. The van der Waals surface area contributed by atoms with Crippen molar-refractivity contribution >= 4 is 45.8 Å². The van der Waals surface area contributed by atoms with Crippen molar-refractivity contribution in [3.63, 3.8) is 0 Å². The summed E-state index contributed by atoms with van der Waals surface area (Å²) in [5.74, 6) is -1.69. The lowest BCUT2D eigenvalue weighted by molar-refractivity contribution is -0.114. The number of Topliss-reactive ketones (excluding diaryl/α,β-unsaturated/α-hetero) is 1. The summed E-state index contributed by atoms with van der Waals surface area (Å²) in [5, 5.41) is 5.40. The van der Waals surface area contributed by atoms with E-state index in [2.05, 4.69) is 5.10 Å². The summed E-state index contributed by atoms with van der Waals surface area (Å²) < 4.78 is 1.70. The zero-order chi connectivity index (χ0) is 19.1. The monoisotopic (exact) mass is 382 g/mol. The van der Waals surface area contributed by atoms with Crippen LogP contribution in [0.25, 0.3) is 10.9 Å². The second-order valence-corrected chi connectivity index (χ2v) is 6.69. The molecule has 1 aliphatic rings. The number of halogens is 1. The number of benzene rings is 2. The van der Waals surface area contributed by atoms with Gasteiger partial charge in [-0.05, 0) is 30.7 Å². The summed E-state index contributed by atoms with van der Waals surface area (Å²) in [6.45, 7) is 0.813. The number of hydrogen-bond acceptors (Lipinski definition) is 4. The third kappa shape index (κ3) is 2.86. The summed E-state index contributed by atoms with van der Waals surface area (Å²) in [5.41, 5.74) is 7.31. The van der Waals surface area contributed by atoms with Gasteiger partial charge in [0.25, 0.3) is 17.6 Å². The highest BCUT2D eigenvalue weighted by molar-refractivity contribution is 6.52. The van der Waals surface area contributed by atoms with Crippen molar-refractivity contribution in [2.24, 2.45) is 5.73 Å². The molecule has 0 atom stereocenters. The topological polar surface area (TPSA) is 98.3 Å². The average molecular weight is 383 g/mol. The molecule has 2 N–H and O–H groups in total. The Labute approximate surface area is 159 Å². The van der Waals surface area contributed by atoms with E-state index in [0.717, 1.165) is 5.52 Å². The van der Waals surface area contributed by atoms with Gasteiger partial charge in [0.1, 0.15) is 0 Å². The van der Waals surface area contributed by atoms with Crippen molar-refractivity contribution in [1.29, 1.82) is 0 Å².